The van der Waals surface area contributed by atoms with Crippen molar-refractivity contribution < 1.29 is 66.9 Å². The van der Waals surface area contributed by atoms with Crippen molar-refractivity contribution in [3.8, 4) is 0 Å². The van der Waals surface area contributed by atoms with E-state index in [2.05, 4.69) is 5.32 Å². The number of fused-ring (bicyclic) bond motifs is 3. The topological polar surface area (TPSA) is 191 Å². The highest BCUT2D eigenvalue weighted by molar-refractivity contribution is 5.81. The highest BCUT2D eigenvalue weighted by Crippen LogP contribution is 2.45. The van der Waals surface area contributed by atoms with Crippen molar-refractivity contribution in [1.82, 2.24) is 10.2 Å². The molecule has 0 aromatic heterocycles. The van der Waals surface area contributed by atoms with Crippen LogP contribution in [0.25, 0.3) is 0 Å². The molecule has 17 heteroatoms. The molecule has 0 spiro atoms. The smallest absolute Gasteiger partial charge is 0.472 e. The molecule has 4 saturated heterocycles. The minimum atomic E-state index is -1.38. The van der Waals surface area contributed by atoms with Gasteiger partial charge in [0.1, 0.15) is 29.5 Å². The number of ether oxygens (including phenoxy) is 10. The van der Waals surface area contributed by atoms with Crippen LogP contribution in [0.5, 0.6) is 0 Å². The van der Waals surface area contributed by atoms with Gasteiger partial charge in [-0.3, -0.25) is 4.79 Å². The Balaban J connectivity index is 1.36. The first kappa shape index (κ1) is 48.9. The Hall–Kier alpha value is -3.58. The van der Waals surface area contributed by atoms with E-state index in [-0.39, 0.29) is 31.0 Å². The molecule has 0 unspecified atom stereocenters. The van der Waals surface area contributed by atoms with Gasteiger partial charge in [0.2, 0.25) is 0 Å². The van der Waals surface area contributed by atoms with Crippen LogP contribution in [-0.2, 0) is 58.7 Å². The van der Waals surface area contributed by atoms with Crippen LogP contribution in [0, 0.1) is 17.8 Å². The Morgan fingerprint density at radius 1 is 0.952 bits per heavy atom. The molecule has 63 heavy (non-hydrogen) atoms. The third-order valence-corrected chi connectivity index (χ3v) is 13.9. The molecule has 1 aromatic carbocycles. The molecule has 0 aliphatic carbocycles. The number of benzene rings is 1. The monoisotopic (exact) mass is 889 g/mol. The summed E-state index contributed by atoms with van der Waals surface area (Å²) in [6.45, 7) is 18.7. The Bertz CT molecular complexity index is 1790. The maximum Gasteiger partial charge on any atom is 0.509 e. The van der Waals surface area contributed by atoms with Gasteiger partial charge in [0.25, 0.3) is 0 Å². The van der Waals surface area contributed by atoms with Gasteiger partial charge in [-0.2, -0.15) is 0 Å². The number of carbonyl (C=O) groups is 3. The molecule has 6 rings (SSSR count). The number of nitrogens with zero attached hydrogens (tertiary/aromatic N) is 2. The van der Waals surface area contributed by atoms with Crippen LogP contribution in [0.4, 0.5) is 9.59 Å². The van der Waals surface area contributed by atoms with Gasteiger partial charge < -0.3 is 62.7 Å². The van der Waals surface area contributed by atoms with Gasteiger partial charge in [-0.1, -0.05) is 51.1 Å². The van der Waals surface area contributed by atoms with E-state index < -0.39 is 108 Å². The van der Waals surface area contributed by atoms with Crippen molar-refractivity contribution in [2.45, 2.75) is 192 Å². The molecule has 5 aliphatic rings. The van der Waals surface area contributed by atoms with Crippen molar-refractivity contribution in [2.24, 2.45) is 22.7 Å². The van der Waals surface area contributed by atoms with Crippen LogP contribution in [0.3, 0.4) is 0 Å². The summed E-state index contributed by atoms with van der Waals surface area (Å²) < 4.78 is 63.6. The highest BCUT2D eigenvalue weighted by atomic mass is 16.8. The summed E-state index contributed by atoms with van der Waals surface area (Å²) in [6.07, 6.45) is -8.66. The molecule has 1 amide bonds. The normalized spacial score (nSPS) is 43.3. The van der Waals surface area contributed by atoms with Gasteiger partial charge in [0, 0.05) is 44.4 Å². The molecule has 0 saturated carbocycles. The lowest BCUT2D eigenvalue weighted by Gasteiger charge is -2.49. The second-order valence-electron chi connectivity index (χ2n) is 19.2. The first-order valence-electron chi connectivity index (χ1n) is 22.5. The number of methoxy groups -OCH3 is 1. The predicted octanol–water partition coefficient (Wildman–Crippen LogP) is 5.52. The summed E-state index contributed by atoms with van der Waals surface area (Å²) >= 11 is 0. The quantitative estimate of drug-likeness (QED) is 0.220. The van der Waals surface area contributed by atoms with Crippen molar-refractivity contribution in [2.75, 3.05) is 21.2 Å². The third kappa shape index (κ3) is 10.3. The zero-order valence-electron chi connectivity index (χ0n) is 39.2. The average Bonchev–Trinajstić information content (AvgIpc) is 3.71. The molecule has 4 fully saturated rings. The number of cyclic esters (lactones) is 1. The lowest BCUT2D eigenvalue weighted by Crippen LogP contribution is -2.61. The molecule has 2 N–H and O–H groups in total. The maximum absolute atomic E-state index is 14.6. The minimum absolute atomic E-state index is 0.109. The molecule has 17 nitrogen and oxygen atoms in total. The van der Waals surface area contributed by atoms with Crippen LogP contribution < -0.4 is 5.32 Å². The Morgan fingerprint density at radius 2 is 1.65 bits per heavy atom. The number of carbonyl (C=O) groups excluding carboxylic acids is 3. The van der Waals surface area contributed by atoms with Crippen molar-refractivity contribution in [3.63, 3.8) is 0 Å². The van der Waals surface area contributed by atoms with Gasteiger partial charge in [0.15, 0.2) is 36.3 Å². The molecule has 5 aliphatic heterocycles. The summed E-state index contributed by atoms with van der Waals surface area (Å²) in [6, 6.07) is 8.59. The van der Waals surface area contributed by atoms with E-state index >= 15 is 0 Å². The average molecular weight is 890 g/mol. The summed E-state index contributed by atoms with van der Waals surface area (Å²) in [7, 11) is 5.35. The van der Waals surface area contributed by atoms with E-state index in [1.165, 1.54) is 7.11 Å². The number of likely N-dealkylation sites (N-methyl/N-ethyl adjacent to an activating group) is 1. The van der Waals surface area contributed by atoms with E-state index in [0.717, 1.165) is 5.56 Å². The number of aliphatic imine (C=N–C) groups is 1. The molecule has 0 radical (unpaired) electrons. The second kappa shape index (κ2) is 19.5. The number of aliphatic hydroxyl groups is 1. The Morgan fingerprint density at radius 3 is 2.30 bits per heavy atom. The predicted molar refractivity (Wildman–Crippen MR) is 229 cm³/mol. The van der Waals surface area contributed by atoms with Crippen molar-refractivity contribution in [1.29, 1.82) is 0 Å². The Labute approximate surface area is 372 Å². The minimum Gasteiger partial charge on any atom is -0.472 e. The number of esters is 1. The SMILES string of the molecule is CC[C@H]1OC(=O)[C@H](C)[C@@H](O[C@H]2C[C@@](C)(OC)[C@@H](OC(=O)NCc3ccccc3)[C@H](C)O2)[C@H](C)[C@@H](O[C@@H]2O[C@H](C)C[C@H](N(C)C)[C@H]2O)[C@@]2(C)C[C@@H](C)C(=N[C@H](C)[C@H]3OC(=O)O[C@]31C)O2. The number of hydrogen-bond donors (Lipinski definition) is 2. The largest absolute Gasteiger partial charge is 0.509 e. The number of hydrogen-bond acceptors (Lipinski definition) is 16. The molecule has 2 bridgehead atoms. The van der Waals surface area contributed by atoms with Crippen LogP contribution in [0.1, 0.15) is 100 Å². The van der Waals surface area contributed by atoms with E-state index in [1.54, 1.807) is 20.8 Å². The second-order valence-corrected chi connectivity index (χ2v) is 19.2. The van der Waals surface area contributed by atoms with Gasteiger partial charge in [-0.15, -0.1) is 0 Å². The molecule has 18 atom stereocenters. The summed E-state index contributed by atoms with van der Waals surface area (Å²) in [5, 5.41) is 14.6. The van der Waals surface area contributed by atoms with Crippen LogP contribution in [0.2, 0.25) is 0 Å². The number of rotatable bonds is 10. The van der Waals surface area contributed by atoms with E-state index in [1.807, 2.05) is 97.8 Å². The third-order valence-electron chi connectivity index (χ3n) is 13.9. The number of nitrogens with one attached hydrogen (secondary N) is 1. The Kier molecular flexibility index (Phi) is 15.1. The van der Waals surface area contributed by atoms with E-state index in [9.17, 15) is 19.5 Å². The van der Waals surface area contributed by atoms with Gasteiger partial charge in [0.05, 0.1) is 30.3 Å². The first-order chi connectivity index (χ1) is 29.6. The summed E-state index contributed by atoms with van der Waals surface area (Å²) in [4.78, 5) is 47.6. The van der Waals surface area contributed by atoms with E-state index in [0.29, 0.717) is 25.2 Å². The summed E-state index contributed by atoms with van der Waals surface area (Å²) in [5.41, 5.74) is -2.66. The number of aliphatic hydroxyl groups excluding tert-OH is 1. The van der Waals surface area contributed by atoms with Gasteiger partial charge in [-0.25, -0.2) is 14.6 Å². The molecule has 5 heterocycles. The van der Waals surface area contributed by atoms with Crippen LogP contribution >= 0.6 is 0 Å². The number of amides is 1. The first-order valence-corrected chi connectivity index (χ1v) is 22.5. The van der Waals surface area contributed by atoms with Crippen molar-refractivity contribution in [3.05, 3.63) is 35.9 Å². The lowest BCUT2D eigenvalue weighted by molar-refractivity contribution is -0.315. The van der Waals surface area contributed by atoms with Gasteiger partial charge in [-0.05, 0) is 81.0 Å². The molecule has 1 aromatic rings. The lowest BCUT2D eigenvalue weighted by atomic mass is 9.79. The highest BCUT2D eigenvalue weighted by Gasteiger charge is 2.59. The zero-order chi connectivity index (χ0) is 46.2. The number of alkyl carbamates (subject to hydrolysis) is 1. The van der Waals surface area contributed by atoms with Crippen LogP contribution in [-0.4, -0.2) is 146 Å². The van der Waals surface area contributed by atoms with Crippen LogP contribution in [0.15, 0.2) is 35.3 Å². The summed E-state index contributed by atoms with van der Waals surface area (Å²) in [5.74, 6) is -2.04. The standard InChI is InChI=1S/C46H71N3O14/c1-14-32-46(10)37(61-43(53)63-46)28(6)48-39-24(2)21-45(9,62-39)36(59-41-34(50)31(49(11)12)20-25(3)55-41)26(4)35(27(5)40(51)57-32)58-33-22-44(8,54-13)38(29(7)56-33)60-42(52)47-23-30-18-16-15-17-19-30/h15-19,24-29,31-38,41,50H,14,20-23H2,1-13H3,(H,47,52)/t24-,25-,26+,27-,28-,29+,31+,32-,33+,34-,35+,36-,37-,38+,41+,44-,45-,46+/m1/s1. The molecular weight excluding hydrogens is 819 g/mol. The maximum atomic E-state index is 14.6. The molecule has 354 valence electrons. The van der Waals surface area contributed by atoms with Crippen molar-refractivity contribution >= 4 is 24.1 Å². The van der Waals surface area contributed by atoms with Gasteiger partial charge >= 0.3 is 18.2 Å². The molecular formula is C46H71N3O14. The fraction of sp³-hybridized carbons (Fsp3) is 0.783. The van der Waals surface area contributed by atoms with E-state index in [4.69, 9.17) is 52.4 Å². The zero-order valence-corrected chi connectivity index (χ0v) is 39.2. The fourth-order valence-corrected chi connectivity index (χ4v) is 10.4. The fourth-order valence-electron chi connectivity index (χ4n) is 10.4.